The average molecular weight is 897 g/mol. The predicted molar refractivity (Wildman–Crippen MR) is 274 cm³/mol. The Balaban J connectivity index is 1.11. The van der Waals surface area contributed by atoms with Gasteiger partial charge in [0.2, 0.25) is 0 Å². The molecule has 0 N–H and O–H groups in total. The van der Waals surface area contributed by atoms with Crippen molar-refractivity contribution in [2.24, 2.45) is 0 Å². The zero-order valence-electron chi connectivity index (χ0n) is 37.1. The first kappa shape index (κ1) is 44.8. The summed E-state index contributed by atoms with van der Waals surface area (Å²) in [6.07, 6.45) is 29.1. The van der Waals surface area contributed by atoms with Gasteiger partial charge in [-0.05, 0) is 78.3 Å². The summed E-state index contributed by atoms with van der Waals surface area (Å²) in [7, 11) is 0. The first-order chi connectivity index (χ1) is 30.7. The number of aryl methyl sites for hydroxylation is 2. The monoisotopic (exact) mass is 896 g/mol. The molecule has 8 heteroatoms. The molecule has 4 aromatic heterocycles. The first-order valence-corrected chi connectivity index (χ1v) is 27.0. The van der Waals surface area contributed by atoms with Crippen molar-refractivity contribution >= 4 is 68.2 Å². The lowest BCUT2D eigenvalue weighted by Crippen LogP contribution is -1.87. The van der Waals surface area contributed by atoms with Crippen LogP contribution < -0.4 is 0 Å². The highest BCUT2D eigenvalue weighted by Gasteiger charge is 2.25. The Hall–Kier alpha value is -3.82. The van der Waals surface area contributed by atoms with Crippen molar-refractivity contribution in [2.75, 3.05) is 0 Å². The minimum absolute atomic E-state index is 0.985. The van der Waals surface area contributed by atoms with Gasteiger partial charge in [0.05, 0.1) is 23.5 Å². The molecule has 0 aliphatic heterocycles. The van der Waals surface area contributed by atoms with Crippen LogP contribution in [0.15, 0.2) is 84.9 Å². The first-order valence-electron chi connectivity index (χ1n) is 23.9. The van der Waals surface area contributed by atoms with Crippen molar-refractivity contribution in [3.05, 3.63) is 96.1 Å². The van der Waals surface area contributed by atoms with Gasteiger partial charge in [0.25, 0.3) is 0 Å². The van der Waals surface area contributed by atoms with Gasteiger partial charge in [0.1, 0.15) is 22.1 Å². The molecule has 0 spiro atoms. The molecule has 0 saturated carbocycles. The van der Waals surface area contributed by atoms with Crippen molar-refractivity contribution in [1.29, 1.82) is 0 Å². The molecule has 0 atom stereocenters. The highest BCUT2D eigenvalue weighted by atomic mass is 32.1. The second kappa shape index (κ2) is 23.2. The van der Waals surface area contributed by atoms with Crippen LogP contribution in [0.1, 0.15) is 153 Å². The molecule has 2 aromatic carbocycles. The number of fused-ring (bicyclic) bond motifs is 3. The lowest BCUT2D eigenvalue weighted by Gasteiger charge is -2.06. The number of nitrogens with zero attached hydrogens (tertiary/aromatic N) is 4. The predicted octanol–water partition coefficient (Wildman–Crippen LogP) is 18.5. The Morgan fingerprint density at radius 3 is 1.16 bits per heavy atom. The Morgan fingerprint density at radius 2 is 0.742 bits per heavy atom. The fraction of sp³-hybridized carbons (Fsp3) is 0.444. The Morgan fingerprint density at radius 1 is 0.355 bits per heavy atom. The minimum atomic E-state index is 0.985. The summed E-state index contributed by atoms with van der Waals surface area (Å²) >= 11 is 6.53. The Bertz CT molecular complexity index is 2380. The lowest BCUT2D eigenvalue weighted by molar-refractivity contribution is 0.556. The summed E-state index contributed by atoms with van der Waals surface area (Å²) in [5.41, 5.74) is 14.7. The van der Waals surface area contributed by atoms with E-state index in [9.17, 15) is 0 Å². The van der Waals surface area contributed by atoms with Crippen LogP contribution in [-0.2, 0) is 12.8 Å². The van der Waals surface area contributed by atoms with Crippen LogP contribution in [0.2, 0.25) is 0 Å². The van der Waals surface area contributed by atoms with Crippen LogP contribution in [0.4, 0.5) is 0 Å². The van der Waals surface area contributed by atoms with E-state index in [0.29, 0.717) is 0 Å². The van der Waals surface area contributed by atoms with Crippen molar-refractivity contribution in [1.82, 2.24) is 17.5 Å². The molecule has 2 aliphatic rings. The highest BCUT2D eigenvalue weighted by molar-refractivity contribution is 7.20. The number of rotatable bonds is 26. The van der Waals surface area contributed by atoms with Crippen LogP contribution in [-0.4, -0.2) is 17.5 Å². The average Bonchev–Trinajstić information content (AvgIpc) is 4.14. The van der Waals surface area contributed by atoms with E-state index in [1.807, 2.05) is 22.7 Å². The Labute approximate surface area is 387 Å². The van der Waals surface area contributed by atoms with Gasteiger partial charge < -0.3 is 0 Å². The molecule has 0 amide bonds. The number of hydrogen-bond donors (Lipinski definition) is 0. The van der Waals surface area contributed by atoms with Crippen LogP contribution in [0.25, 0.3) is 75.0 Å². The van der Waals surface area contributed by atoms with E-state index in [1.165, 1.54) is 216 Å². The third-order valence-electron chi connectivity index (χ3n) is 12.7. The van der Waals surface area contributed by atoms with Gasteiger partial charge in [-0.1, -0.05) is 184 Å². The highest BCUT2D eigenvalue weighted by Crippen LogP contribution is 2.52. The molecule has 0 bridgehead atoms. The standard InChI is InChI=1S/C54H64N4S4/c1-3-5-7-9-11-13-15-17-19-22-28-39-36-49(43-32-26-34-47-51(43)57-61-55-47)59-53(39)45-38-46(42-31-25-21-24-30-41(42)45)54-40(29-23-20-18-16-14-12-10-8-6-4-2)37-50(60-54)44-33-27-35-48-52(44)58-62-56-48/h21,24-27,30-38H,3-20,22-23,28-29H2,1-2H3. The third-order valence-corrected chi connectivity index (χ3v) is 16.3. The summed E-state index contributed by atoms with van der Waals surface area (Å²) in [6, 6.07) is 31.9. The topological polar surface area (TPSA) is 51.6 Å². The summed E-state index contributed by atoms with van der Waals surface area (Å²) in [6.45, 7) is 4.61. The number of aromatic nitrogens is 4. The molecule has 62 heavy (non-hydrogen) atoms. The molecule has 2 aliphatic carbocycles. The number of hydrogen-bond acceptors (Lipinski definition) is 8. The molecule has 0 saturated heterocycles. The molecule has 8 rings (SSSR count). The molecule has 0 unspecified atom stereocenters. The molecule has 0 radical (unpaired) electrons. The van der Waals surface area contributed by atoms with Gasteiger partial charge in [-0.3, -0.25) is 0 Å². The summed E-state index contributed by atoms with van der Waals surface area (Å²) in [5.74, 6) is 0. The maximum absolute atomic E-state index is 4.78. The molecule has 0 fully saturated rings. The smallest absolute Gasteiger partial charge is 0.113 e. The normalized spacial score (nSPS) is 11.8. The molecule has 4 heterocycles. The van der Waals surface area contributed by atoms with Gasteiger partial charge in [0, 0.05) is 41.8 Å². The molecule has 324 valence electrons. The van der Waals surface area contributed by atoms with Crippen LogP contribution in [0.3, 0.4) is 0 Å². The Kier molecular flexibility index (Phi) is 16.8. The molecular formula is C54H64N4S4. The van der Waals surface area contributed by atoms with Crippen molar-refractivity contribution in [3.8, 4) is 52.9 Å². The fourth-order valence-corrected chi connectivity index (χ4v) is 12.9. The van der Waals surface area contributed by atoms with Gasteiger partial charge in [-0.25, -0.2) is 0 Å². The largest absolute Gasteiger partial charge is 0.173 e. The summed E-state index contributed by atoms with van der Waals surface area (Å²) in [5, 5.41) is 0. The molecular weight excluding hydrogens is 833 g/mol. The van der Waals surface area contributed by atoms with E-state index in [2.05, 4.69) is 108 Å². The van der Waals surface area contributed by atoms with Crippen molar-refractivity contribution < 1.29 is 0 Å². The van der Waals surface area contributed by atoms with E-state index < -0.39 is 0 Å². The van der Waals surface area contributed by atoms with Crippen molar-refractivity contribution in [2.45, 2.75) is 155 Å². The van der Waals surface area contributed by atoms with Crippen LogP contribution in [0, 0.1) is 0 Å². The number of benzene rings is 2. The maximum atomic E-state index is 4.78. The lowest BCUT2D eigenvalue weighted by atomic mass is 9.99. The summed E-state index contributed by atoms with van der Waals surface area (Å²) in [4.78, 5) is 5.40. The molecule has 4 nitrogen and oxygen atoms in total. The van der Waals surface area contributed by atoms with Gasteiger partial charge in [-0.2, -0.15) is 17.5 Å². The summed E-state index contributed by atoms with van der Waals surface area (Å²) < 4.78 is 18.8. The number of thiophene rings is 2. The van der Waals surface area contributed by atoms with Gasteiger partial charge >= 0.3 is 0 Å². The van der Waals surface area contributed by atoms with Gasteiger partial charge in [0.15, 0.2) is 0 Å². The zero-order valence-corrected chi connectivity index (χ0v) is 40.3. The van der Waals surface area contributed by atoms with E-state index in [4.69, 9.17) is 8.75 Å². The minimum Gasteiger partial charge on any atom is -0.173 e. The fourth-order valence-electron chi connectivity index (χ4n) is 9.26. The van der Waals surface area contributed by atoms with Crippen molar-refractivity contribution in [3.63, 3.8) is 0 Å². The maximum Gasteiger partial charge on any atom is 0.113 e. The van der Waals surface area contributed by atoms with E-state index in [-0.39, 0.29) is 0 Å². The zero-order chi connectivity index (χ0) is 42.4. The van der Waals surface area contributed by atoms with Gasteiger partial charge in [-0.15, -0.1) is 22.7 Å². The van der Waals surface area contributed by atoms with E-state index in [0.717, 1.165) is 34.9 Å². The molecule has 6 aromatic rings. The quantitative estimate of drug-likeness (QED) is 0.0508. The third kappa shape index (κ3) is 11.1. The second-order valence-corrected chi connectivity index (χ2v) is 20.5. The SMILES string of the molecule is CCCCCCCCCCCCc1cc(-c2cccc3nsnc23)sc1-c1cc(-c2sc(-c3cccc4nsnc34)cc2CCCCCCCCCCCC)c2cccccc1-2. The second-order valence-electron chi connectivity index (χ2n) is 17.4. The number of unbranched alkanes of at least 4 members (excludes halogenated alkanes) is 18. The van der Waals surface area contributed by atoms with Crippen LogP contribution >= 0.6 is 46.1 Å². The van der Waals surface area contributed by atoms with E-state index in [1.54, 1.807) is 0 Å². The van der Waals surface area contributed by atoms with Crippen LogP contribution in [0.5, 0.6) is 0 Å². The van der Waals surface area contributed by atoms with E-state index >= 15 is 0 Å².